The number of rotatable bonds is 9. The van der Waals surface area contributed by atoms with Gasteiger partial charge in [0.15, 0.2) is 0 Å². The third kappa shape index (κ3) is 6.49. The van der Waals surface area contributed by atoms with E-state index in [1.807, 2.05) is 17.9 Å². The molecule has 1 aromatic rings. The minimum absolute atomic E-state index is 0.0879. The summed E-state index contributed by atoms with van der Waals surface area (Å²) in [7, 11) is 0. The van der Waals surface area contributed by atoms with Crippen LogP contribution in [0.15, 0.2) is 18.2 Å². The number of likely N-dealkylation sites (tertiary alicyclic amines) is 1. The largest absolute Gasteiger partial charge is 0.493 e. The summed E-state index contributed by atoms with van der Waals surface area (Å²) in [6, 6.07) is 4.58. The Kier molecular flexibility index (Phi) is 9.20. The van der Waals surface area contributed by atoms with E-state index in [2.05, 4.69) is 9.80 Å². The first kappa shape index (κ1) is 25.4. The molecule has 2 N–H and O–H groups in total. The van der Waals surface area contributed by atoms with Crippen molar-refractivity contribution < 1.29 is 13.9 Å². The van der Waals surface area contributed by atoms with Crippen LogP contribution in [0.1, 0.15) is 57.4 Å². The standard InChI is InChI=1S/C27H43FN4O2/c1-2-34-25-9-5-8-24(28)23(25)20-31-16-18-32(19-17-31)27(33)26(29)22-11-14-30(15-12-22)13-10-21-6-3-4-7-21/h5,8-9,21-22,26H,2-4,6-7,10-20,29H2,1H3/t26-/m1/s1. The monoisotopic (exact) mass is 474 g/mol. The zero-order valence-corrected chi connectivity index (χ0v) is 20.9. The van der Waals surface area contributed by atoms with E-state index in [0.717, 1.165) is 44.9 Å². The quantitative estimate of drug-likeness (QED) is 0.594. The smallest absolute Gasteiger partial charge is 0.239 e. The van der Waals surface area contributed by atoms with Gasteiger partial charge >= 0.3 is 0 Å². The predicted molar refractivity (Wildman–Crippen MR) is 133 cm³/mol. The highest BCUT2D eigenvalue weighted by atomic mass is 19.1. The molecule has 0 radical (unpaired) electrons. The van der Waals surface area contributed by atoms with Gasteiger partial charge in [0.25, 0.3) is 0 Å². The third-order valence-corrected chi connectivity index (χ3v) is 8.19. The van der Waals surface area contributed by atoms with Gasteiger partial charge in [-0.3, -0.25) is 9.69 Å². The molecular formula is C27H43FN4O2. The van der Waals surface area contributed by atoms with Crippen LogP contribution in [0, 0.1) is 17.7 Å². The van der Waals surface area contributed by atoms with Crippen LogP contribution in [-0.4, -0.2) is 79.1 Å². The second-order valence-corrected chi connectivity index (χ2v) is 10.4. The molecule has 0 aromatic heterocycles. The lowest BCUT2D eigenvalue weighted by Gasteiger charge is -2.39. The second kappa shape index (κ2) is 12.3. The second-order valence-electron chi connectivity index (χ2n) is 10.4. The summed E-state index contributed by atoms with van der Waals surface area (Å²) >= 11 is 0. The van der Waals surface area contributed by atoms with E-state index in [4.69, 9.17) is 10.5 Å². The summed E-state index contributed by atoms with van der Waals surface area (Å²) in [6.45, 7) is 8.98. The molecule has 0 unspecified atom stereocenters. The SMILES string of the molecule is CCOc1cccc(F)c1CN1CCN(C(=O)[C@H](N)C2CCN(CCC3CCCC3)CC2)CC1. The van der Waals surface area contributed by atoms with Crippen LogP contribution >= 0.6 is 0 Å². The topological polar surface area (TPSA) is 62.0 Å². The van der Waals surface area contributed by atoms with Crippen LogP contribution in [0.5, 0.6) is 5.75 Å². The lowest BCUT2D eigenvalue weighted by Crippen LogP contribution is -2.55. The number of halogens is 1. The number of carbonyl (C=O) groups is 1. The van der Waals surface area contributed by atoms with Crippen LogP contribution in [0.25, 0.3) is 0 Å². The molecule has 0 spiro atoms. The summed E-state index contributed by atoms with van der Waals surface area (Å²) in [5, 5.41) is 0. The van der Waals surface area contributed by atoms with Gasteiger partial charge in [-0.15, -0.1) is 0 Å². The number of ether oxygens (including phenoxy) is 1. The highest BCUT2D eigenvalue weighted by Crippen LogP contribution is 2.29. The molecule has 34 heavy (non-hydrogen) atoms. The number of piperidine rings is 1. The van der Waals surface area contributed by atoms with Gasteiger partial charge in [-0.25, -0.2) is 4.39 Å². The van der Waals surface area contributed by atoms with Gasteiger partial charge in [-0.2, -0.15) is 0 Å². The molecular weight excluding hydrogens is 431 g/mol. The van der Waals surface area contributed by atoms with E-state index >= 15 is 0 Å². The van der Waals surface area contributed by atoms with Crippen LogP contribution in [0.4, 0.5) is 4.39 Å². The Morgan fingerprint density at radius 2 is 1.76 bits per heavy atom. The maximum atomic E-state index is 14.4. The van der Waals surface area contributed by atoms with Gasteiger partial charge in [0.1, 0.15) is 11.6 Å². The summed E-state index contributed by atoms with van der Waals surface area (Å²) in [5.74, 6) is 1.67. The zero-order valence-electron chi connectivity index (χ0n) is 20.9. The minimum Gasteiger partial charge on any atom is -0.493 e. The molecule has 3 aliphatic rings. The fourth-order valence-electron chi connectivity index (χ4n) is 5.95. The van der Waals surface area contributed by atoms with Crippen molar-refractivity contribution in [3.8, 4) is 5.75 Å². The molecule has 1 atom stereocenters. The Morgan fingerprint density at radius 3 is 2.44 bits per heavy atom. The average Bonchev–Trinajstić information content (AvgIpc) is 3.39. The van der Waals surface area contributed by atoms with Crippen molar-refractivity contribution in [3.63, 3.8) is 0 Å². The van der Waals surface area contributed by atoms with Crippen LogP contribution < -0.4 is 10.5 Å². The Bertz CT molecular complexity index is 785. The number of hydrogen-bond donors (Lipinski definition) is 1. The van der Waals surface area contributed by atoms with Crippen molar-refractivity contribution in [3.05, 3.63) is 29.6 Å². The van der Waals surface area contributed by atoms with E-state index in [9.17, 15) is 9.18 Å². The van der Waals surface area contributed by atoms with Crippen LogP contribution in [0.3, 0.4) is 0 Å². The number of carbonyl (C=O) groups excluding carboxylic acids is 1. The van der Waals surface area contributed by atoms with Gasteiger partial charge < -0.3 is 20.3 Å². The Morgan fingerprint density at radius 1 is 1.06 bits per heavy atom. The van der Waals surface area contributed by atoms with E-state index < -0.39 is 6.04 Å². The maximum absolute atomic E-state index is 14.4. The first-order valence-corrected chi connectivity index (χ1v) is 13.4. The summed E-state index contributed by atoms with van der Waals surface area (Å²) in [6.07, 6.45) is 9.02. The van der Waals surface area contributed by atoms with Crippen molar-refractivity contribution in [2.24, 2.45) is 17.6 Å². The molecule has 2 heterocycles. The number of nitrogens with two attached hydrogens (primary N) is 1. The number of piperazine rings is 1. The number of benzene rings is 1. The summed E-state index contributed by atoms with van der Waals surface area (Å²) in [5.41, 5.74) is 7.08. The fraction of sp³-hybridized carbons (Fsp3) is 0.741. The lowest BCUT2D eigenvalue weighted by atomic mass is 9.88. The molecule has 0 bridgehead atoms. The molecule has 1 aromatic carbocycles. The summed E-state index contributed by atoms with van der Waals surface area (Å²) < 4.78 is 20.0. The normalized spacial score (nSPS) is 22.3. The molecule has 4 rings (SSSR count). The minimum atomic E-state index is -0.403. The molecule has 1 aliphatic carbocycles. The first-order chi connectivity index (χ1) is 16.5. The average molecular weight is 475 g/mol. The van der Waals surface area contributed by atoms with Gasteiger partial charge in [0, 0.05) is 38.3 Å². The maximum Gasteiger partial charge on any atom is 0.239 e. The molecule has 1 saturated carbocycles. The van der Waals surface area contributed by atoms with E-state index in [0.29, 0.717) is 37.6 Å². The van der Waals surface area contributed by atoms with Gasteiger partial charge in [-0.1, -0.05) is 31.7 Å². The Balaban J connectivity index is 1.20. The molecule has 190 valence electrons. The molecule has 3 fully saturated rings. The van der Waals surface area contributed by atoms with Gasteiger partial charge in [0.05, 0.1) is 12.6 Å². The van der Waals surface area contributed by atoms with Gasteiger partial charge in [-0.05, 0) is 69.8 Å². The molecule has 1 amide bonds. The molecule has 6 nitrogen and oxygen atoms in total. The lowest BCUT2D eigenvalue weighted by molar-refractivity contribution is -0.136. The van der Waals surface area contributed by atoms with Crippen molar-refractivity contribution in [1.82, 2.24) is 14.7 Å². The highest BCUT2D eigenvalue weighted by Gasteiger charge is 2.33. The first-order valence-electron chi connectivity index (χ1n) is 13.4. The van der Waals surface area contributed by atoms with Crippen LogP contribution in [0.2, 0.25) is 0 Å². The van der Waals surface area contributed by atoms with Crippen molar-refractivity contribution >= 4 is 5.91 Å². The van der Waals surface area contributed by atoms with Crippen LogP contribution in [-0.2, 0) is 11.3 Å². The Labute approximate surface area is 204 Å². The van der Waals surface area contributed by atoms with E-state index in [1.54, 1.807) is 6.07 Å². The zero-order chi connectivity index (χ0) is 23.9. The number of amides is 1. The highest BCUT2D eigenvalue weighted by molar-refractivity contribution is 5.82. The van der Waals surface area contributed by atoms with Crippen molar-refractivity contribution in [2.75, 3.05) is 52.4 Å². The van der Waals surface area contributed by atoms with E-state index in [-0.39, 0.29) is 17.6 Å². The molecule has 2 saturated heterocycles. The fourth-order valence-corrected chi connectivity index (χ4v) is 5.95. The Hall–Kier alpha value is -1.70. The number of hydrogen-bond acceptors (Lipinski definition) is 5. The predicted octanol–water partition coefficient (Wildman–Crippen LogP) is 3.49. The van der Waals surface area contributed by atoms with Gasteiger partial charge in [0.2, 0.25) is 5.91 Å². The molecule has 7 heteroatoms. The van der Waals surface area contributed by atoms with Crippen molar-refractivity contribution in [1.29, 1.82) is 0 Å². The number of nitrogens with zero attached hydrogens (tertiary/aromatic N) is 3. The molecule has 2 aliphatic heterocycles. The van der Waals surface area contributed by atoms with Crippen molar-refractivity contribution in [2.45, 2.75) is 64.5 Å². The van der Waals surface area contributed by atoms with E-state index in [1.165, 1.54) is 44.7 Å². The third-order valence-electron chi connectivity index (χ3n) is 8.19. The summed E-state index contributed by atoms with van der Waals surface area (Å²) in [4.78, 5) is 19.8.